The van der Waals surface area contributed by atoms with Crippen molar-refractivity contribution in [1.29, 1.82) is 0 Å². The van der Waals surface area contributed by atoms with Crippen molar-refractivity contribution in [2.45, 2.75) is 19.9 Å². The summed E-state index contributed by atoms with van der Waals surface area (Å²) in [6.45, 7) is 4.10. The van der Waals surface area contributed by atoms with Gasteiger partial charge in [0.05, 0.1) is 6.04 Å². The van der Waals surface area contributed by atoms with Crippen molar-refractivity contribution < 1.29 is 4.79 Å². The number of nitrogens with zero attached hydrogens (tertiary/aromatic N) is 1. The molecule has 0 spiro atoms. The zero-order chi connectivity index (χ0) is 20.9. The third-order valence-electron chi connectivity index (χ3n) is 4.80. The molecule has 1 unspecified atom stereocenters. The minimum Gasteiger partial charge on any atom is -0.359 e. The summed E-state index contributed by atoms with van der Waals surface area (Å²) in [5.41, 5.74) is 3.91. The number of rotatable bonds is 6. The van der Waals surface area contributed by atoms with Gasteiger partial charge in [-0.15, -0.1) is 11.3 Å². The van der Waals surface area contributed by atoms with E-state index in [1.807, 2.05) is 67.6 Å². The molecule has 0 fully saturated rings. The molecule has 2 heterocycles. The molecule has 0 radical (unpaired) electrons. The van der Waals surface area contributed by atoms with Gasteiger partial charge in [0, 0.05) is 22.2 Å². The lowest BCUT2D eigenvalue weighted by Gasteiger charge is -2.21. The van der Waals surface area contributed by atoms with E-state index in [0.717, 1.165) is 32.4 Å². The minimum absolute atomic E-state index is 0.112. The first-order valence-corrected chi connectivity index (χ1v) is 10.6. The molecule has 0 saturated carbocycles. The van der Waals surface area contributed by atoms with Gasteiger partial charge in [-0.1, -0.05) is 48.5 Å². The molecule has 30 heavy (non-hydrogen) atoms. The lowest BCUT2D eigenvalue weighted by Crippen LogP contribution is -2.17. The monoisotopic (exact) mass is 413 g/mol. The molecule has 4 nitrogen and oxygen atoms in total. The molecule has 0 aliphatic carbocycles. The van der Waals surface area contributed by atoms with Gasteiger partial charge in [-0.3, -0.25) is 4.79 Å². The van der Waals surface area contributed by atoms with Crippen LogP contribution in [-0.4, -0.2) is 10.9 Å². The summed E-state index contributed by atoms with van der Waals surface area (Å²) >= 11 is 1.58. The first-order chi connectivity index (χ1) is 14.6. The van der Waals surface area contributed by atoms with E-state index in [1.54, 1.807) is 17.5 Å². The highest BCUT2D eigenvalue weighted by atomic mass is 32.1. The molecular weight excluding hydrogens is 390 g/mol. The molecule has 0 aliphatic rings. The normalized spacial score (nSPS) is 11.7. The second-order valence-electron chi connectivity index (χ2n) is 7.17. The van der Waals surface area contributed by atoms with Crippen molar-refractivity contribution in [3.63, 3.8) is 0 Å². The summed E-state index contributed by atoms with van der Waals surface area (Å²) in [7, 11) is 0. The van der Waals surface area contributed by atoms with Gasteiger partial charge in [0.15, 0.2) is 0 Å². The number of carbonyl (C=O) groups is 1. The van der Waals surface area contributed by atoms with Crippen LogP contribution in [0.15, 0.2) is 85.1 Å². The van der Waals surface area contributed by atoms with Gasteiger partial charge in [-0.25, -0.2) is 4.98 Å². The fraction of sp³-hybridized carbons (Fsp3) is 0.120. The lowest BCUT2D eigenvalue weighted by atomic mass is 10.00. The number of anilines is 2. The van der Waals surface area contributed by atoms with Crippen molar-refractivity contribution in [1.82, 2.24) is 4.98 Å². The molecule has 150 valence electrons. The number of nitrogens with one attached hydrogen (secondary N) is 2. The van der Waals surface area contributed by atoms with Crippen LogP contribution in [-0.2, 0) is 0 Å². The number of hydrogen-bond donors (Lipinski definition) is 2. The zero-order valence-corrected chi connectivity index (χ0v) is 17.7. The number of amides is 1. The van der Waals surface area contributed by atoms with Crippen LogP contribution in [0.3, 0.4) is 0 Å². The summed E-state index contributed by atoms with van der Waals surface area (Å²) in [5, 5.41) is 7.52. The molecule has 1 atom stereocenters. The predicted molar refractivity (Wildman–Crippen MR) is 124 cm³/mol. The Morgan fingerprint density at radius 2 is 1.63 bits per heavy atom. The van der Waals surface area contributed by atoms with E-state index >= 15 is 0 Å². The highest BCUT2D eigenvalue weighted by molar-refractivity contribution is 7.16. The summed E-state index contributed by atoms with van der Waals surface area (Å²) in [6.07, 6.45) is 1.80. The Hall–Kier alpha value is -3.44. The van der Waals surface area contributed by atoms with Gasteiger partial charge >= 0.3 is 0 Å². The van der Waals surface area contributed by atoms with Crippen LogP contribution in [0.1, 0.15) is 38.0 Å². The van der Waals surface area contributed by atoms with Gasteiger partial charge < -0.3 is 10.6 Å². The number of aryl methyl sites for hydroxylation is 2. The zero-order valence-electron chi connectivity index (χ0n) is 16.9. The smallest absolute Gasteiger partial charge is 0.256 e. The molecule has 5 heteroatoms. The number of thiophene rings is 1. The largest absolute Gasteiger partial charge is 0.359 e. The standard InChI is InChI=1S/C25H23N3OS/c1-17-13-14-26-22(15-17)27-23(19-9-5-3-6-10-19)21-16-18(2)30-25(21)28-24(29)20-11-7-4-8-12-20/h3-16,23H,1-2H3,(H,26,27)(H,28,29). The molecule has 2 aromatic heterocycles. The summed E-state index contributed by atoms with van der Waals surface area (Å²) in [6, 6.07) is 25.5. The van der Waals surface area contributed by atoms with Crippen LogP contribution in [0, 0.1) is 13.8 Å². The van der Waals surface area contributed by atoms with E-state index in [4.69, 9.17) is 0 Å². The first kappa shape index (κ1) is 19.9. The van der Waals surface area contributed by atoms with Crippen molar-refractivity contribution >= 4 is 28.1 Å². The van der Waals surface area contributed by atoms with Crippen LogP contribution in [0.5, 0.6) is 0 Å². The maximum absolute atomic E-state index is 12.8. The van der Waals surface area contributed by atoms with E-state index in [-0.39, 0.29) is 11.9 Å². The van der Waals surface area contributed by atoms with Crippen LogP contribution < -0.4 is 10.6 Å². The fourth-order valence-electron chi connectivity index (χ4n) is 3.36. The summed E-state index contributed by atoms with van der Waals surface area (Å²) < 4.78 is 0. The Balaban J connectivity index is 1.71. The van der Waals surface area contributed by atoms with Gasteiger partial charge in [-0.05, 0) is 55.3 Å². The van der Waals surface area contributed by atoms with Crippen molar-refractivity contribution in [2.24, 2.45) is 0 Å². The predicted octanol–water partition coefficient (Wildman–Crippen LogP) is 6.21. The number of benzene rings is 2. The molecule has 4 aromatic rings. The summed E-state index contributed by atoms with van der Waals surface area (Å²) in [4.78, 5) is 18.4. The Kier molecular flexibility index (Phi) is 5.91. The van der Waals surface area contributed by atoms with Crippen LogP contribution >= 0.6 is 11.3 Å². The summed E-state index contributed by atoms with van der Waals surface area (Å²) in [5.74, 6) is 0.687. The lowest BCUT2D eigenvalue weighted by molar-refractivity contribution is 0.102. The molecule has 2 aromatic carbocycles. The average Bonchev–Trinajstić information content (AvgIpc) is 3.13. The molecule has 2 N–H and O–H groups in total. The van der Waals surface area contributed by atoms with Gasteiger partial charge in [0.2, 0.25) is 0 Å². The van der Waals surface area contributed by atoms with Gasteiger partial charge in [0.1, 0.15) is 10.8 Å². The van der Waals surface area contributed by atoms with E-state index in [2.05, 4.69) is 40.7 Å². The molecule has 0 aliphatic heterocycles. The Labute approximate surface area is 180 Å². The van der Waals surface area contributed by atoms with Crippen molar-refractivity contribution in [2.75, 3.05) is 10.6 Å². The van der Waals surface area contributed by atoms with E-state index in [9.17, 15) is 4.79 Å². The van der Waals surface area contributed by atoms with Gasteiger partial charge in [-0.2, -0.15) is 0 Å². The van der Waals surface area contributed by atoms with E-state index < -0.39 is 0 Å². The van der Waals surface area contributed by atoms with Crippen LogP contribution in [0.25, 0.3) is 0 Å². The number of carbonyl (C=O) groups excluding carboxylic acids is 1. The Morgan fingerprint density at radius 1 is 0.933 bits per heavy atom. The van der Waals surface area contributed by atoms with E-state index in [0.29, 0.717) is 5.56 Å². The number of aromatic nitrogens is 1. The highest BCUT2D eigenvalue weighted by Crippen LogP contribution is 2.37. The average molecular weight is 414 g/mol. The van der Waals surface area contributed by atoms with Crippen molar-refractivity contribution in [3.05, 3.63) is 112 Å². The highest BCUT2D eigenvalue weighted by Gasteiger charge is 2.22. The van der Waals surface area contributed by atoms with Crippen LogP contribution in [0.2, 0.25) is 0 Å². The molecular formula is C25H23N3OS. The fourth-order valence-corrected chi connectivity index (χ4v) is 4.31. The molecule has 1 amide bonds. The molecule has 0 bridgehead atoms. The Bertz CT molecular complexity index is 1140. The number of pyridine rings is 1. The quantitative estimate of drug-likeness (QED) is 0.395. The topological polar surface area (TPSA) is 54.0 Å². The SMILES string of the molecule is Cc1ccnc(NC(c2ccccc2)c2cc(C)sc2NC(=O)c2ccccc2)c1. The van der Waals surface area contributed by atoms with Gasteiger partial charge in [0.25, 0.3) is 5.91 Å². The Morgan fingerprint density at radius 3 is 2.33 bits per heavy atom. The molecule has 4 rings (SSSR count). The second kappa shape index (κ2) is 8.93. The van der Waals surface area contributed by atoms with Crippen molar-refractivity contribution in [3.8, 4) is 0 Å². The number of hydrogen-bond acceptors (Lipinski definition) is 4. The minimum atomic E-state index is -0.142. The third kappa shape index (κ3) is 4.58. The maximum atomic E-state index is 12.8. The maximum Gasteiger partial charge on any atom is 0.256 e. The van der Waals surface area contributed by atoms with Crippen LogP contribution in [0.4, 0.5) is 10.8 Å². The van der Waals surface area contributed by atoms with E-state index in [1.165, 1.54) is 0 Å². The molecule has 0 saturated heterocycles. The first-order valence-electron chi connectivity index (χ1n) is 9.81. The third-order valence-corrected chi connectivity index (χ3v) is 5.78. The second-order valence-corrected chi connectivity index (χ2v) is 8.42.